The van der Waals surface area contributed by atoms with Crippen LogP contribution in [0.5, 0.6) is 11.8 Å². The Morgan fingerprint density at radius 2 is 1.11 bits per heavy atom. The Hall–Kier alpha value is -0.629. The minimum absolute atomic E-state index is 0. The quantitative estimate of drug-likeness (QED) is 0.304. The molecule has 0 saturated heterocycles. The average molecular weight is 424 g/mol. The van der Waals surface area contributed by atoms with E-state index in [1.165, 1.54) is 0 Å². The third-order valence-electron chi connectivity index (χ3n) is 1.47. The Balaban J connectivity index is 0.000000324. The maximum absolute atomic E-state index is 10.4. The molecule has 0 amide bonds. The van der Waals surface area contributed by atoms with Crippen molar-refractivity contribution in [3.8, 4) is 11.8 Å². The standard InChI is InChI=1S/2C4H4N2O2S.Ba/c2*7-2-1-3(8)6-4(9)5-2;/h2*1H,(H3,5,6,7,8,9);/q;;+2/p-2. The number of nitrogens with one attached hydrogen (secondary N) is 4. The third-order valence-corrected chi connectivity index (χ3v) is 1.88. The first-order chi connectivity index (χ1) is 8.36. The van der Waals surface area contributed by atoms with Gasteiger partial charge in [0, 0.05) is 12.1 Å². The van der Waals surface area contributed by atoms with Crippen LogP contribution in [0.3, 0.4) is 0 Å². The summed E-state index contributed by atoms with van der Waals surface area (Å²) < 4.78 is 0.125. The van der Waals surface area contributed by atoms with Crippen molar-refractivity contribution in [1.82, 2.24) is 19.9 Å². The van der Waals surface area contributed by atoms with Crippen LogP contribution in [0.2, 0.25) is 0 Å². The van der Waals surface area contributed by atoms with Crippen LogP contribution in [0.15, 0.2) is 21.7 Å². The second-order valence-corrected chi connectivity index (χ2v) is 3.72. The zero-order valence-electron chi connectivity index (χ0n) is 9.31. The average Bonchev–Trinajstić information content (AvgIpc) is 2.12. The molecule has 0 fully saturated rings. The molecule has 0 aliphatic rings. The molecule has 2 aromatic heterocycles. The summed E-state index contributed by atoms with van der Waals surface area (Å²) in [4.78, 5) is 29.6. The van der Waals surface area contributed by atoms with Crippen LogP contribution in [0, 0.1) is 9.54 Å². The molecular weight excluding hydrogens is 418 g/mol. The second kappa shape index (κ2) is 8.52. The molecule has 8 nitrogen and oxygen atoms in total. The second-order valence-electron chi connectivity index (χ2n) is 2.90. The largest absolute Gasteiger partial charge is 2.00 e. The molecule has 2 aromatic rings. The zero-order chi connectivity index (χ0) is 13.7. The molecule has 0 aliphatic carbocycles. The van der Waals surface area contributed by atoms with Gasteiger partial charge >= 0.3 is 48.9 Å². The first-order valence-corrected chi connectivity index (χ1v) is 5.20. The molecule has 0 atom stereocenters. The van der Waals surface area contributed by atoms with Crippen LogP contribution in [0.25, 0.3) is 0 Å². The van der Waals surface area contributed by atoms with Gasteiger partial charge in [-0.3, -0.25) is 19.6 Å². The van der Waals surface area contributed by atoms with E-state index in [4.69, 9.17) is 0 Å². The Morgan fingerprint density at radius 1 is 0.789 bits per heavy atom. The maximum Gasteiger partial charge on any atom is 2.00 e. The van der Waals surface area contributed by atoms with Gasteiger partial charge in [0.15, 0.2) is 9.54 Å². The van der Waals surface area contributed by atoms with Crippen molar-refractivity contribution in [2.75, 3.05) is 0 Å². The first-order valence-electron chi connectivity index (χ1n) is 4.38. The predicted octanol–water partition coefficient (Wildman–Crippen LogP) is -1.37. The summed E-state index contributed by atoms with van der Waals surface area (Å²) in [5.41, 5.74) is -0.937. The van der Waals surface area contributed by atoms with Gasteiger partial charge in [0.25, 0.3) is 11.1 Å². The molecule has 0 spiro atoms. The number of H-pyrrole nitrogens is 4. The van der Waals surface area contributed by atoms with Gasteiger partial charge in [-0.2, -0.15) is 0 Å². The van der Waals surface area contributed by atoms with Crippen LogP contribution in [-0.2, 0) is 0 Å². The maximum atomic E-state index is 10.4. The van der Waals surface area contributed by atoms with E-state index in [9.17, 15) is 19.8 Å². The van der Waals surface area contributed by atoms with Crippen molar-refractivity contribution in [3.63, 3.8) is 0 Å². The SMILES string of the molecule is O=c1cc([O-])[nH]c(=S)[nH]1.O=c1cc([O-])[nH]c(=S)[nH]1.[Ba+2]. The summed E-state index contributed by atoms with van der Waals surface area (Å²) >= 11 is 8.95. The molecule has 0 bridgehead atoms. The predicted molar refractivity (Wildman–Crippen MR) is 69.1 cm³/mol. The molecular formula is C8H6BaN4O4S2. The minimum atomic E-state index is -0.469. The van der Waals surface area contributed by atoms with Crippen LogP contribution in [0.4, 0.5) is 0 Å². The molecule has 2 rings (SSSR count). The van der Waals surface area contributed by atoms with Crippen molar-refractivity contribution < 1.29 is 10.2 Å². The van der Waals surface area contributed by atoms with Gasteiger partial charge in [-0.25, -0.2) is 0 Å². The minimum Gasteiger partial charge on any atom is -0.860 e. The number of aromatic amines is 4. The van der Waals surface area contributed by atoms with Crippen molar-refractivity contribution in [2.24, 2.45) is 0 Å². The van der Waals surface area contributed by atoms with E-state index in [1.807, 2.05) is 0 Å². The molecule has 2 heterocycles. The Bertz CT molecular complexity index is 640. The molecule has 0 aliphatic heterocycles. The van der Waals surface area contributed by atoms with Gasteiger partial charge in [-0.05, 0) is 36.2 Å². The van der Waals surface area contributed by atoms with Gasteiger partial charge in [0.05, 0.1) is 0 Å². The fourth-order valence-corrected chi connectivity index (χ4v) is 1.29. The number of hydrogen-bond donors (Lipinski definition) is 4. The summed E-state index contributed by atoms with van der Waals surface area (Å²) in [6.45, 7) is 0. The van der Waals surface area contributed by atoms with Gasteiger partial charge in [-0.1, -0.05) is 0 Å². The molecule has 0 saturated carbocycles. The van der Waals surface area contributed by atoms with E-state index >= 15 is 0 Å². The molecule has 0 unspecified atom stereocenters. The van der Waals surface area contributed by atoms with Crippen LogP contribution >= 0.6 is 24.4 Å². The van der Waals surface area contributed by atoms with E-state index in [-0.39, 0.29) is 58.4 Å². The molecule has 19 heavy (non-hydrogen) atoms. The van der Waals surface area contributed by atoms with Gasteiger partial charge in [0.2, 0.25) is 0 Å². The van der Waals surface area contributed by atoms with Gasteiger partial charge in [0.1, 0.15) is 0 Å². The fourth-order valence-electron chi connectivity index (χ4n) is 0.893. The first kappa shape index (κ1) is 18.4. The van der Waals surface area contributed by atoms with E-state index in [0.717, 1.165) is 12.1 Å². The summed E-state index contributed by atoms with van der Waals surface area (Å²) in [6.07, 6.45) is 0. The molecule has 96 valence electrons. The molecule has 0 aromatic carbocycles. The van der Waals surface area contributed by atoms with Crippen LogP contribution < -0.4 is 21.3 Å². The van der Waals surface area contributed by atoms with Crippen molar-refractivity contribution in [1.29, 1.82) is 0 Å². The summed E-state index contributed by atoms with van der Waals surface area (Å²) in [6, 6.07) is 1.80. The zero-order valence-corrected chi connectivity index (χ0v) is 15.4. The number of rotatable bonds is 0. The van der Waals surface area contributed by atoms with Gasteiger partial charge in [-0.15, -0.1) is 0 Å². The van der Waals surface area contributed by atoms with Crippen molar-refractivity contribution >= 4 is 73.3 Å². The summed E-state index contributed by atoms with van der Waals surface area (Å²) in [5.74, 6) is -0.937. The third kappa shape index (κ3) is 7.51. The van der Waals surface area contributed by atoms with Gasteiger partial charge < -0.3 is 20.2 Å². The molecule has 0 radical (unpaired) electrons. The van der Waals surface area contributed by atoms with Crippen LogP contribution in [-0.4, -0.2) is 68.8 Å². The van der Waals surface area contributed by atoms with Crippen molar-refractivity contribution in [2.45, 2.75) is 0 Å². The Morgan fingerprint density at radius 3 is 1.32 bits per heavy atom. The van der Waals surface area contributed by atoms with Crippen molar-refractivity contribution in [3.05, 3.63) is 42.4 Å². The van der Waals surface area contributed by atoms with Crippen LogP contribution in [0.1, 0.15) is 0 Å². The Kier molecular flexibility index (Phi) is 8.24. The topological polar surface area (TPSA) is 143 Å². The Labute approximate surface area is 156 Å². The normalized spacial score (nSPS) is 8.84. The number of hydrogen-bond acceptors (Lipinski definition) is 6. The fraction of sp³-hybridized carbons (Fsp3) is 0. The number of aromatic nitrogens is 4. The molecule has 11 heteroatoms. The van der Waals surface area contributed by atoms with E-state index in [1.54, 1.807) is 0 Å². The summed E-state index contributed by atoms with van der Waals surface area (Å²) in [7, 11) is 0. The molecule has 4 N–H and O–H groups in total. The van der Waals surface area contributed by atoms with E-state index < -0.39 is 22.9 Å². The van der Waals surface area contributed by atoms with E-state index in [2.05, 4.69) is 44.4 Å². The van der Waals surface area contributed by atoms with E-state index in [0.29, 0.717) is 0 Å². The smallest absolute Gasteiger partial charge is 0.860 e. The summed E-state index contributed by atoms with van der Waals surface area (Å²) in [5, 5.41) is 20.7. The monoisotopic (exact) mass is 424 g/mol.